The summed E-state index contributed by atoms with van der Waals surface area (Å²) >= 11 is 0. The molecule has 0 unspecified atom stereocenters. The number of likely N-dealkylation sites (tertiary alicyclic amines) is 1. The molecular formula is C28H35N5O3. The smallest absolute Gasteiger partial charge is 0.229 e. The van der Waals surface area contributed by atoms with E-state index in [1.54, 1.807) is 12.4 Å². The number of nitrogens with one attached hydrogen (secondary N) is 1. The molecule has 8 nitrogen and oxygen atoms in total. The van der Waals surface area contributed by atoms with Gasteiger partial charge in [0.2, 0.25) is 17.6 Å². The number of hydrogen-bond acceptors (Lipinski definition) is 7. The molecule has 2 aromatic heterocycles. The predicted octanol–water partition coefficient (Wildman–Crippen LogP) is 3.65. The molecule has 1 aliphatic heterocycles. The Morgan fingerprint density at radius 3 is 2.47 bits per heavy atom. The molecule has 190 valence electrons. The van der Waals surface area contributed by atoms with Crippen LogP contribution in [0, 0.1) is 5.41 Å². The lowest BCUT2D eigenvalue weighted by Gasteiger charge is -2.55. The average molecular weight is 490 g/mol. The highest BCUT2D eigenvalue weighted by Gasteiger charge is 2.55. The normalized spacial score (nSPS) is 20.0. The molecule has 3 aromatic rings. The van der Waals surface area contributed by atoms with Crippen molar-refractivity contribution in [2.24, 2.45) is 5.41 Å². The van der Waals surface area contributed by atoms with Crippen LogP contribution in [0.15, 0.2) is 47.2 Å². The van der Waals surface area contributed by atoms with Gasteiger partial charge in [0.15, 0.2) is 0 Å². The maximum absolute atomic E-state index is 12.4. The summed E-state index contributed by atoms with van der Waals surface area (Å²) in [6.07, 6.45) is 5.73. The van der Waals surface area contributed by atoms with Crippen molar-refractivity contribution in [3.63, 3.8) is 0 Å². The lowest BCUT2D eigenvalue weighted by molar-refractivity contribution is -0.127. The largest absolute Gasteiger partial charge is 0.380 e. The Hall–Kier alpha value is -3.10. The summed E-state index contributed by atoms with van der Waals surface area (Å²) in [6, 6.07) is 10.2. The number of aromatic nitrogens is 3. The zero-order valence-corrected chi connectivity index (χ0v) is 21.7. The van der Waals surface area contributed by atoms with Gasteiger partial charge >= 0.3 is 0 Å². The van der Waals surface area contributed by atoms with Gasteiger partial charge in [-0.25, -0.2) is 0 Å². The van der Waals surface area contributed by atoms with Crippen LogP contribution in [0.4, 0.5) is 0 Å². The Kier molecular flexibility index (Phi) is 6.00. The molecule has 1 aliphatic carbocycles. The molecule has 36 heavy (non-hydrogen) atoms. The standard InChI is InChI=1S/C28H35N5O3/c1-18(2)20-6-8-22(9-7-20)28(35,26(4)16-33(5)17-26)23-12-21(14-29-15-23)25-30-24(36-32-25)13-27(10-11-27)31-19(3)34/h6-9,12,14-15,18,35H,10-11,13,16-17H2,1-5H3,(H,31,34)/t28-/m0/s1. The maximum atomic E-state index is 12.4. The van der Waals surface area contributed by atoms with Crippen LogP contribution in [0.3, 0.4) is 0 Å². The van der Waals surface area contributed by atoms with Crippen LogP contribution in [0.2, 0.25) is 0 Å². The highest BCUT2D eigenvalue weighted by molar-refractivity contribution is 5.74. The zero-order chi connectivity index (χ0) is 25.7. The molecule has 0 radical (unpaired) electrons. The molecule has 8 heteroatoms. The van der Waals surface area contributed by atoms with Gasteiger partial charge in [0.1, 0.15) is 5.60 Å². The summed E-state index contributed by atoms with van der Waals surface area (Å²) in [6.45, 7) is 9.50. The third-order valence-electron chi connectivity index (χ3n) is 7.77. The van der Waals surface area contributed by atoms with Gasteiger partial charge in [-0.05, 0) is 43.0 Å². The fourth-order valence-corrected chi connectivity index (χ4v) is 5.71. The summed E-state index contributed by atoms with van der Waals surface area (Å²) in [5.74, 6) is 1.26. The van der Waals surface area contributed by atoms with Crippen molar-refractivity contribution in [3.05, 3.63) is 65.3 Å². The third kappa shape index (κ3) is 4.33. The Morgan fingerprint density at radius 2 is 1.89 bits per heavy atom. The van der Waals surface area contributed by atoms with Crippen molar-refractivity contribution in [2.75, 3.05) is 20.1 Å². The van der Waals surface area contributed by atoms with Gasteiger partial charge in [0, 0.05) is 54.5 Å². The van der Waals surface area contributed by atoms with E-state index in [4.69, 9.17) is 4.52 Å². The van der Waals surface area contributed by atoms with Crippen LogP contribution in [0.5, 0.6) is 0 Å². The molecular weight excluding hydrogens is 454 g/mol. The van der Waals surface area contributed by atoms with E-state index < -0.39 is 5.60 Å². The number of benzene rings is 1. The van der Waals surface area contributed by atoms with E-state index in [0.717, 1.165) is 31.5 Å². The van der Waals surface area contributed by atoms with E-state index in [9.17, 15) is 9.90 Å². The molecule has 0 bridgehead atoms. The first kappa shape index (κ1) is 24.6. The lowest BCUT2D eigenvalue weighted by Crippen LogP contribution is -2.63. The van der Waals surface area contributed by atoms with Gasteiger partial charge in [-0.1, -0.05) is 50.2 Å². The number of amides is 1. The Morgan fingerprint density at radius 1 is 1.19 bits per heavy atom. The minimum absolute atomic E-state index is 0.0556. The molecule has 0 spiro atoms. The van der Waals surface area contributed by atoms with E-state index >= 15 is 0 Å². The number of carbonyl (C=O) groups is 1. The fraction of sp³-hybridized carbons (Fsp3) is 0.500. The molecule has 2 fully saturated rings. The molecule has 1 saturated carbocycles. The van der Waals surface area contributed by atoms with Gasteiger partial charge in [0.25, 0.3) is 0 Å². The molecule has 1 amide bonds. The SMILES string of the molecule is CC(=O)NC1(Cc2nc(-c3cncc([C@@](O)(c4ccc(C(C)C)cc4)C4(C)CN(C)C4)c3)no2)CC1. The monoisotopic (exact) mass is 489 g/mol. The molecule has 3 heterocycles. The quantitative estimate of drug-likeness (QED) is 0.498. The second-order valence-electron chi connectivity index (χ2n) is 11.3. The lowest BCUT2D eigenvalue weighted by atomic mass is 9.62. The summed E-state index contributed by atoms with van der Waals surface area (Å²) in [7, 11) is 2.06. The molecule has 1 atom stereocenters. The van der Waals surface area contributed by atoms with Crippen molar-refractivity contribution in [1.29, 1.82) is 0 Å². The van der Waals surface area contributed by atoms with E-state index in [2.05, 4.69) is 65.3 Å². The topological polar surface area (TPSA) is 104 Å². The van der Waals surface area contributed by atoms with Gasteiger partial charge in [-0.15, -0.1) is 0 Å². The molecule has 5 rings (SSSR count). The number of aliphatic hydroxyl groups is 1. The van der Waals surface area contributed by atoms with Crippen molar-refractivity contribution >= 4 is 5.91 Å². The zero-order valence-electron chi connectivity index (χ0n) is 21.7. The third-order valence-corrected chi connectivity index (χ3v) is 7.77. The van der Waals surface area contributed by atoms with Crippen molar-refractivity contribution < 1.29 is 14.4 Å². The first-order valence-corrected chi connectivity index (χ1v) is 12.6. The van der Waals surface area contributed by atoms with Crippen LogP contribution in [-0.4, -0.2) is 56.7 Å². The highest BCUT2D eigenvalue weighted by atomic mass is 16.5. The van der Waals surface area contributed by atoms with Gasteiger partial charge < -0.3 is 19.8 Å². The second kappa shape index (κ2) is 8.78. The number of pyridine rings is 1. The number of nitrogens with zero attached hydrogens (tertiary/aromatic N) is 4. The predicted molar refractivity (Wildman–Crippen MR) is 136 cm³/mol. The maximum Gasteiger partial charge on any atom is 0.229 e. The highest BCUT2D eigenvalue weighted by Crippen LogP contribution is 2.50. The van der Waals surface area contributed by atoms with Gasteiger partial charge in [0.05, 0.1) is 6.42 Å². The molecule has 2 N–H and O–H groups in total. The van der Waals surface area contributed by atoms with Crippen molar-refractivity contribution in [3.8, 4) is 11.4 Å². The van der Waals surface area contributed by atoms with Crippen LogP contribution < -0.4 is 5.32 Å². The van der Waals surface area contributed by atoms with Crippen LogP contribution >= 0.6 is 0 Å². The van der Waals surface area contributed by atoms with Crippen LogP contribution in [0.1, 0.15) is 69.0 Å². The number of rotatable bonds is 8. The van der Waals surface area contributed by atoms with Crippen molar-refractivity contribution in [1.82, 2.24) is 25.3 Å². The Balaban J connectivity index is 1.48. The molecule has 2 aliphatic rings. The van der Waals surface area contributed by atoms with E-state index in [1.807, 2.05) is 18.2 Å². The minimum atomic E-state index is -1.24. The Bertz CT molecular complexity index is 1260. The van der Waals surface area contributed by atoms with Gasteiger partial charge in [-0.3, -0.25) is 9.78 Å². The van der Waals surface area contributed by atoms with Gasteiger partial charge in [-0.2, -0.15) is 4.98 Å². The summed E-state index contributed by atoms with van der Waals surface area (Å²) < 4.78 is 5.53. The second-order valence-corrected chi connectivity index (χ2v) is 11.3. The average Bonchev–Trinajstić information content (AvgIpc) is 3.40. The molecule has 1 saturated heterocycles. The first-order chi connectivity index (χ1) is 17.0. The van der Waals surface area contributed by atoms with E-state index in [0.29, 0.717) is 35.2 Å². The van der Waals surface area contributed by atoms with Crippen LogP contribution in [0.25, 0.3) is 11.4 Å². The van der Waals surface area contributed by atoms with Crippen molar-refractivity contribution in [2.45, 2.75) is 64.0 Å². The fourth-order valence-electron chi connectivity index (χ4n) is 5.71. The summed E-state index contributed by atoms with van der Waals surface area (Å²) in [4.78, 5) is 22.8. The first-order valence-electron chi connectivity index (χ1n) is 12.6. The van der Waals surface area contributed by atoms with E-state index in [-0.39, 0.29) is 16.9 Å². The Labute approximate surface area is 212 Å². The van der Waals surface area contributed by atoms with E-state index in [1.165, 1.54) is 12.5 Å². The number of carbonyl (C=O) groups excluding carboxylic acids is 1. The number of hydrogen-bond donors (Lipinski definition) is 2. The molecule has 1 aromatic carbocycles. The summed E-state index contributed by atoms with van der Waals surface area (Å²) in [5.41, 5.74) is 1.56. The summed E-state index contributed by atoms with van der Waals surface area (Å²) in [5, 5.41) is 19.6. The van der Waals surface area contributed by atoms with Crippen LogP contribution in [-0.2, 0) is 16.8 Å². The minimum Gasteiger partial charge on any atom is -0.380 e.